The van der Waals surface area contributed by atoms with Crippen molar-refractivity contribution in [3.63, 3.8) is 0 Å². The number of hydrogen-bond donors (Lipinski definition) is 0. The molecule has 1 amide bonds. The highest BCUT2D eigenvalue weighted by Crippen LogP contribution is 2.18. The van der Waals surface area contributed by atoms with Crippen LogP contribution in [0, 0.1) is 0 Å². The Morgan fingerprint density at radius 1 is 1.14 bits per heavy atom. The lowest BCUT2D eigenvalue weighted by atomic mass is 10.2. The molecular formula is C15H29N3O3S. The molecule has 0 aliphatic carbocycles. The first-order valence-electron chi connectivity index (χ1n) is 8.39. The number of rotatable bonds is 6. The third-order valence-corrected chi connectivity index (χ3v) is 6.61. The standard InChI is InChI=1S/C15H29N3O3S/c1-3-16-8-10-17(11-9-16)7-5-15(19)18(4-2)14-6-12-22(20,21)13-14/h14H,3-13H2,1-2H3. The number of carbonyl (C=O) groups is 1. The fraction of sp³-hybridized carbons (Fsp3) is 0.933. The van der Waals surface area contributed by atoms with Crippen LogP contribution >= 0.6 is 0 Å². The average Bonchev–Trinajstić information content (AvgIpc) is 2.86. The van der Waals surface area contributed by atoms with Crippen LogP contribution in [0.4, 0.5) is 0 Å². The number of nitrogens with zero attached hydrogens (tertiary/aromatic N) is 3. The second kappa shape index (κ2) is 7.75. The molecule has 0 aromatic rings. The van der Waals surface area contributed by atoms with E-state index in [0.717, 1.165) is 39.3 Å². The Labute approximate surface area is 134 Å². The highest BCUT2D eigenvalue weighted by Gasteiger charge is 2.33. The van der Waals surface area contributed by atoms with E-state index in [4.69, 9.17) is 0 Å². The third kappa shape index (κ3) is 4.67. The van der Waals surface area contributed by atoms with E-state index in [0.29, 0.717) is 19.4 Å². The molecule has 0 aromatic heterocycles. The molecule has 0 aromatic carbocycles. The molecule has 2 aliphatic rings. The molecule has 2 heterocycles. The fourth-order valence-corrected chi connectivity index (χ4v) is 5.12. The van der Waals surface area contributed by atoms with Gasteiger partial charge in [-0.15, -0.1) is 0 Å². The number of piperazine rings is 1. The number of carbonyl (C=O) groups excluding carboxylic acids is 1. The van der Waals surface area contributed by atoms with Gasteiger partial charge in [0.1, 0.15) is 0 Å². The first kappa shape index (κ1) is 17.7. The van der Waals surface area contributed by atoms with Crippen molar-refractivity contribution in [2.75, 3.05) is 57.3 Å². The van der Waals surface area contributed by atoms with Gasteiger partial charge in [-0.1, -0.05) is 6.92 Å². The number of sulfone groups is 1. The Hall–Kier alpha value is -0.660. The van der Waals surface area contributed by atoms with Gasteiger partial charge in [0.25, 0.3) is 0 Å². The SMILES string of the molecule is CCN1CCN(CCC(=O)N(CC)C2CCS(=O)(=O)C2)CC1. The van der Waals surface area contributed by atoms with Gasteiger partial charge in [0.2, 0.25) is 5.91 Å². The Bertz CT molecular complexity index is 472. The molecule has 0 saturated carbocycles. The maximum atomic E-state index is 12.4. The minimum absolute atomic E-state index is 0.0996. The van der Waals surface area contributed by atoms with Gasteiger partial charge in [0, 0.05) is 51.7 Å². The first-order chi connectivity index (χ1) is 10.4. The topological polar surface area (TPSA) is 60.9 Å². The summed E-state index contributed by atoms with van der Waals surface area (Å²) in [7, 11) is -2.94. The first-order valence-corrected chi connectivity index (χ1v) is 10.2. The van der Waals surface area contributed by atoms with Crippen molar-refractivity contribution in [2.24, 2.45) is 0 Å². The molecule has 0 radical (unpaired) electrons. The van der Waals surface area contributed by atoms with Crippen LogP contribution in [0.15, 0.2) is 0 Å². The van der Waals surface area contributed by atoms with Gasteiger partial charge in [-0.25, -0.2) is 8.42 Å². The van der Waals surface area contributed by atoms with Gasteiger partial charge in [0.15, 0.2) is 9.84 Å². The molecule has 7 heteroatoms. The van der Waals surface area contributed by atoms with Crippen molar-refractivity contribution in [2.45, 2.75) is 32.7 Å². The predicted octanol–water partition coefficient (Wildman–Crippen LogP) is 0.0496. The van der Waals surface area contributed by atoms with Gasteiger partial charge >= 0.3 is 0 Å². The number of hydrogen-bond acceptors (Lipinski definition) is 5. The average molecular weight is 331 g/mol. The molecule has 1 unspecified atom stereocenters. The zero-order valence-corrected chi connectivity index (χ0v) is 14.6. The zero-order valence-electron chi connectivity index (χ0n) is 13.8. The summed E-state index contributed by atoms with van der Waals surface area (Å²) in [4.78, 5) is 19.0. The molecule has 2 aliphatic heterocycles. The molecule has 128 valence electrons. The molecule has 0 bridgehead atoms. The van der Waals surface area contributed by atoms with Crippen LogP contribution < -0.4 is 0 Å². The Balaban J connectivity index is 1.78. The molecular weight excluding hydrogens is 302 g/mol. The maximum Gasteiger partial charge on any atom is 0.224 e. The molecule has 2 fully saturated rings. The highest BCUT2D eigenvalue weighted by atomic mass is 32.2. The minimum Gasteiger partial charge on any atom is -0.339 e. The van der Waals surface area contributed by atoms with Crippen molar-refractivity contribution in [3.8, 4) is 0 Å². The lowest BCUT2D eigenvalue weighted by Crippen LogP contribution is -2.48. The summed E-state index contributed by atoms with van der Waals surface area (Å²) >= 11 is 0. The van der Waals surface area contributed by atoms with Crippen molar-refractivity contribution in [1.29, 1.82) is 0 Å². The third-order valence-electron chi connectivity index (χ3n) is 4.86. The molecule has 0 N–H and O–H groups in total. The van der Waals surface area contributed by atoms with E-state index < -0.39 is 9.84 Å². The minimum atomic E-state index is -2.94. The fourth-order valence-electron chi connectivity index (χ4n) is 3.39. The molecule has 2 rings (SSSR count). The Kier molecular flexibility index (Phi) is 6.23. The van der Waals surface area contributed by atoms with Crippen LogP contribution in [0.25, 0.3) is 0 Å². The second-order valence-corrected chi connectivity index (χ2v) is 8.49. The van der Waals surface area contributed by atoms with Crippen LogP contribution in [0.5, 0.6) is 0 Å². The van der Waals surface area contributed by atoms with E-state index in [1.165, 1.54) is 0 Å². The summed E-state index contributed by atoms with van der Waals surface area (Å²) in [5, 5.41) is 0. The van der Waals surface area contributed by atoms with Crippen LogP contribution in [0.3, 0.4) is 0 Å². The van der Waals surface area contributed by atoms with E-state index in [-0.39, 0.29) is 23.5 Å². The van der Waals surface area contributed by atoms with Gasteiger partial charge in [0.05, 0.1) is 11.5 Å². The van der Waals surface area contributed by atoms with E-state index in [1.807, 2.05) is 6.92 Å². The second-order valence-electron chi connectivity index (χ2n) is 6.26. The van der Waals surface area contributed by atoms with E-state index in [2.05, 4.69) is 16.7 Å². The zero-order chi connectivity index (χ0) is 16.2. The van der Waals surface area contributed by atoms with Gasteiger partial charge < -0.3 is 14.7 Å². The van der Waals surface area contributed by atoms with Crippen LogP contribution in [-0.4, -0.2) is 92.4 Å². The van der Waals surface area contributed by atoms with Crippen molar-refractivity contribution in [3.05, 3.63) is 0 Å². The summed E-state index contributed by atoms with van der Waals surface area (Å²) in [6, 6.07) is -0.112. The van der Waals surface area contributed by atoms with Crippen LogP contribution in [0.2, 0.25) is 0 Å². The van der Waals surface area contributed by atoms with Crippen molar-refractivity contribution >= 4 is 15.7 Å². The summed E-state index contributed by atoms with van der Waals surface area (Å²) in [6.07, 6.45) is 1.09. The molecule has 0 spiro atoms. The molecule has 6 nitrogen and oxygen atoms in total. The van der Waals surface area contributed by atoms with E-state index >= 15 is 0 Å². The normalized spacial score (nSPS) is 26.2. The van der Waals surface area contributed by atoms with Crippen molar-refractivity contribution in [1.82, 2.24) is 14.7 Å². The van der Waals surface area contributed by atoms with Gasteiger partial charge in [-0.2, -0.15) is 0 Å². The lowest BCUT2D eigenvalue weighted by Gasteiger charge is -2.34. The quantitative estimate of drug-likeness (QED) is 0.688. The molecule has 1 atom stereocenters. The summed E-state index contributed by atoms with van der Waals surface area (Å²) in [5.74, 6) is 0.463. The summed E-state index contributed by atoms with van der Waals surface area (Å²) in [5.41, 5.74) is 0. The van der Waals surface area contributed by atoms with Gasteiger partial charge in [-0.05, 0) is 19.9 Å². The smallest absolute Gasteiger partial charge is 0.224 e. The summed E-state index contributed by atoms with van der Waals surface area (Å²) < 4.78 is 23.2. The van der Waals surface area contributed by atoms with E-state index in [1.54, 1.807) is 4.90 Å². The largest absolute Gasteiger partial charge is 0.339 e. The van der Waals surface area contributed by atoms with Crippen molar-refractivity contribution < 1.29 is 13.2 Å². The Morgan fingerprint density at radius 2 is 1.77 bits per heavy atom. The highest BCUT2D eigenvalue weighted by molar-refractivity contribution is 7.91. The summed E-state index contributed by atoms with van der Waals surface area (Å²) in [6.45, 7) is 10.8. The number of likely N-dealkylation sites (N-methyl/N-ethyl adjacent to an activating group) is 1. The van der Waals surface area contributed by atoms with E-state index in [9.17, 15) is 13.2 Å². The van der Waals surface area contributed by atoms with Crippen LogP contribution in [0.1, 0.15) is 26.7 Å². The van der Waals surface area contributed by atoms with Crippen LogP contribution in [-0.2, 0) is 14.6 Å². The maximum absolute atomic E-state index is 12.4. The monoisotopic (exact) mass is 331 g/mol. The van der Waals surface area contributed by atoms with Gasteiger partial charge in [-0.3, -0.25) is 4.79 Å². The predicted molar refractivity (Wildman–Crippen MR) is 87.6 cm³/mol. The number of amides is 1. The molecule has 2 saturated heterocycles. The lowest BCUT2D eigenvalue weighted by molar-refractivity contribution is -0.133. The molecule has 22 heavy (non-hydrogen) atoms. The Morgan fingerprint density at radius 3 is 2.27 bits per heavy atom.